The van der Waals surface area contributed by atoms with Crippen LogP contribution in [0.25, 0.3) is 33.4 Å². The van der Waals surface area contributed by atoms with Crippen LogP contribution in [-0.4, -0.2) is 5.71 Å². The molecule has 1 nitrogen and oxygen atoms in total. The summed E-state index contributed by atoms with van der Waals surface area (Å²) in [6.07, 6.45) is 5.63. The molecule has 1 heteroatoms. The van der Waals surface area contributed by atoms with Gasteiger partial charge in [-0.2, -0.15) is 0 Å². The summed E-state index contributed by atoms with van der Waals surface area (Å²) in [7, 11) is 0. The summed E-state index contributed by atoms with van der Waals surface area (Å²) in [5.41, 5.74) is 11.6. The fourth-order valence-corrected chi connectivity index (χ4v) is 6.12. The number of hydrogen-bond donors (Lipinski definition) is 0. The van der Waals surface area contributed by atoms with E-state index in [2.05, 4.69) is 160 Å². The number of aliphatic imine (C=N–C) groups is 1. The van der Waals surface area contributed by atoms with E-state index in [1.54, 1.807) is 0 Å². The summed E-state index contributed by atoms with van der Waals surface area (Å²) < 4.78 is 0. The Hall–Kier alpha value is -4.75. The largest absolute Gasteiger partial charge is 0.258 e. The van der Waals surface area contributed by atoms with Crippen molar-refractivity contribution >= 4 is 5.71 Å². The highest BCUT2D eigenvalue weighted by molar-refractivity contribution is 5.99. The molecule has 0 fully saturated rings. The molecule has 0 amide bonds. The molecule has 5 aromatic rings. The first kappa shape index (κ1) is 26.5. The van der Waals surface area contributed by atoms with Gasteiger partial charge < -0.3 is 0 Å². The van der Waals surface area contributed by atoms with E-state index in [-0.39, 0.29) is 11.3 Å². The second-order valence-electron chi connectivity index (χ2n) is 11.2. The lowest BCUT2D eigenvalue weighted by molar-refractivity contribution is 0.523. The fourth-order valence-electron chi connectivity index (χ4n) is 6.12. The minimum atomic E-state index is -0.199. The Morgan fingerprint density at radius 3 is 1.63 bits per heavy atom. The van der Waals surface area contributed by atoms with Crippen molar-refractivity contribution in [3.63, 3.8) is 0 Å². The molecule has 0 aliphatic heterocycles. The summed E-state index contributed by atoms with van der Waals surface area (Å²) in [5, 5.41) is 0. The van der Waals surface area contributed by atoms with E-state index in [1.165, 1.54) is 38.9 Å². The Bertz CT molecular complexity index is 1650. The molecule has 41 heavy (non-hydrogen) atoms. The second-order valence-corrected chi connectivity index (χ2v) is 11.2. The monoisotopic (exact) mass is 529 g/mol. The van der Waals surface area contributed by atoms with Gasteiger partial charge in [-0.15, -0.1) is 0 Å². The number of rotatable bonds is 7. The molecule has 2 atom stereocenters. The van der Waals surface area contributed by atoms with Gasteiger partial charge in [0.25, 0.3) is 0 Å². The van der Waals surface area contributed by atoms with Gasteiger partial charge in [0.2, 0.25) is 0 Å². The molecule has 0 heterocycles. The molecule has 0 N–H and O–H groups in total. The average Bonchev–Trinajstić information content (AvgIpc) is 3.45. The first-order valence-electron chi connectivity index (χ1n) is 14.4. The van der Waals surface area contributed by atoms with Gasteiger partial charge in [-0.25, -0.2) is 0 Å². The quantitative estimate of drug-likeness (QED) is 0.147. The van der Waals surface area contributed by atoms with E-state index >= 15 is 0 Å². The molecule has 200 valence electrons. The van der Waals surface area contributed by atoms with Crippen molar-refractivity contribution in [2.75, 3.05) is 0 Å². The SMILES string of the molecule is C=C(/N=C(\C)c1ccccc1)C1C=CC(C)(c2c(-c3ccccc3)cc(-c3ccccc3)cc2-c2ccccc2)C1. The van der Waals surface area contributed by atoms with Crippen LogP contribution < -0.4 is 0 Å². The van der Waals surface area contributed by atoms with E-state index < -0.39 is 0 Å². The smallest absolute Gasteiger partial charge is 0.0448 e. The maximum absolute atomic E-state index is 4.97. The maximum atomic E-state index is 4.97. The standard InChI is InChI=1S/C40H35N/c1-29(31-16-8-4-9-17-31)41-30(2)35-24-25-40(3,28-35)39-37(33-20-12-6-13-21-33)26-36(32-18-10-5-11-19-32)27-38(39)34-22-14-7-15-23-34/h4-27,35H,2,28H2,1,3H3/b41-29+. The Morgan fingerprint density at radius 1 is 0.659 bits per heavy atom. The Balaban J connectivity index is 1.48. The minimum Gasteiger partial charge on any atom is -0.258 e. The van der Waals surface area contributed by atoms with Crippen LogP contribution in [0.4, 0.5) is 0 Å². The lowest BCUT2D eigenvalue weighted by Crippen LogP contribution is -2.21. The molecule has 5 aromatic carbocycles. The lowest BCUT2D eigenvalue weighted by Gasteiger charge is -2.31. The summed E-state index contributed by atoms with van der Waals surface area (Å²) in [6, 6.07) is 47.5. The van der Waals surface area contributed by atoms with Crippen LogP contribution in [0.2, 0.25) is 0 Å². The van der Waals surface area contributed by atoms with E-state index in [0.717, 1.165) is 23.4 Å². The molecule has 0 radical (unpaired) electrons. The maximum Gasteiger partial charge on any atom is 0.0448 e. The number of hydrogen-bond acceptors (Lipinski definition) is 1. The zero-order chi connectivity index (χ0) is 28.2. The molecule has 0 saturated carbocycles. The highest BCUT2D eigenvalue weighted by Gasteiger charge is 2.37. The average molecular weight is 530 g/mol. The van der Waals surface area contributed by atoms with Crippen LogP contribution in [0.3, 0.4) is 0 Å². The number of nitrogens with zero attached hydrogens (tertiary/aromatic N) is 1. The van der Waals surface area contributed by atoms with Crippen molar-refractivity contribution < 1.29 is 0 Å². The minimum absolute atomic E-state index is 0.166. The first-order chi connectivity index (χ1) is 20.0. The van der Waals surface area contributed by atoms with E-state index in [0.29, 0.717) is 0 Å². The first-order valence-corrected chi connectivity index (χ1v) is 14.4. The topological polar surface area (TPSA) is 12.4 Å². The van der Waals surface area contributed by atoms with Crippen molar-refractivity contribution in [2.24, 2.45) is 10.9 Å². The molecular formula is C40H35N. The normalized spacial score (nSPS) is 18.4. The van der Waals surface area contributed by atoms with Crippen molar-refractivity contribution in [1.29, 1.82) is 0 Å². The third kappa shape index (κ3) is 5.49. The third-order valence-electron chi connectivity index (χ3n) is 8.26. The summed E-state index contributed by atoms with van der Waals surface area (Å²) >= 11 is 0. The van der Waals surface area contributed by atoms with Gasteiger partial charge in [-0.05, 0) is 70.0 Å². The van der Waals surface area contributed by atoms with Crippen molar-refractivity contribution in [2.45, 2.75) is 25.7 Å². The molecular weight excluding hydrogens is 494 g/mol. The van der Waals surface area contributed by atoms with E-state index in [1.807, 2.05) is 6.07 Å². The zero-order valence-electron chi connectivity index (χ0n) is 23.8. The van der Waals surface area contributed by atoms with Crippen LogP contribution >= 0.6 is 0 Å². The van der Waals surface area contributed by atoms with Gasteiger partial charge in [0.15, 0.2) is 0 Å². The van der Waals surface area contributed by atoms with Gasteiger partial charge >= 0.3 is 0 Å². The molecule has 1 aliphatic rings. The summed E-state index contributed by atoms with van der Waals surface area (Å²) in [5.74, 6) is 0.166. The fraction of sp³-hybridized carbons (Fsp3) is 0.125. The highest BCUT2D eigenvalue weighted by atomic mass is 14.8. The van der Waals surface area contributed by atoms with Crippen molar-refractivity contribution in [1.82, 2.24) is 0 Å². The van der Waals surface area contributed by atoms with Crippen LogP contribution in [0.5, 0.6) is 0 Å². The van der Waals surface area contributed by atoms with Crippen molar-refractivity contribution in [3.05, 3.63) is 169 Å². The molecule has 0 bridgehead atoms. The van der Waals surface area contributed by atoms with E-state index in [9.17, 15) is 0 Å². The van der Waals surface area contributed by atoms with Crippen LogP contribution in [0.15, 0.2) is 163 Å². The predicted molar refractivity (Wildman–Crippen MR) is 175 cm³/mol. The Labute approximate surface area is 244 Å². The van der Waals surface area contributed by atoms with Crippen molar-refractivity contribution in [3.8, 4) is 33.4 Å². The molecule has 6 rings (SSSR count). The van der Waals surface area contributed by atoms with Crippen LogP contribution in [0, 0.1) is 5.92 Å². The van der Waals surface area contributed by atoms with Gasteiger partial charge in [0.05, 0.1) is 0 Å². The molecule has 0 aromatic heterocycles. The van der Waals surface area contributed by atoms with Gasteiger partial charge in [0.1, 0.15) is 0 Å². The highest BCUT2D eigenvalue weighted by Crippen LogP contribution is 2.49. The Morgan fingerprint density at radius 2 is 1.12 bits per heavy atom. The van der Waals surface area contributed by atoms with E-state index in [4.69, 9.17) is 4.99 Å². The summed E-state index contributed by atoms with van der Waals surface area (Å²) in [4.78, 5) is 4.97. The zero-order valence-corrected chi connectivity index (χ0v) is 23.8. The second kappa shape index (κ2) is 11.4. The number of allylic oxidation sites excluding steroid dienone is 2. The number of benzene rings is 5. The predicted octanol–water partition coefficient (Wildman–Crippen LogP) is 10.5. The molecule has 1 aliphatic carbocycles. The molecule has 0 saturated heterocycles. The molecule has 2 unspecified atom stereocenters. The third-order valence-corrected chi connectivity index (χ3v) is 8.26. The van der Waals surface area contributed by atoms with Gasteiger partial charge in [-0.3, -0.25) is 4.99 Å². The lowest BCUT2D eigenvalue weighted by atomic mass is 9.72. The molecule has 0 spiro atoms. The van der Waals surface area contributed by atoms with Crippen LogP contribution in [0.1, 0.15) is 31.4 Å². The summed E-state index contributed by atoms with van der Waals surface area (Å²) in [6.45, 7) is 8.88. The van der Waals surface area contributed by atoms with Crippen LogP contribution in [-0.2, 0) is 5.41 Å². The van der Waals surface area contributed by atoms with Gasteiger partial charge in [-0.1, -0.05) is 147 Å². The van der Waals surface area contributed by atoms with Gasteiger partial charge in [0, 0.05) is 22.7 Å². The Kier molecular flexibility index (Phi) is 7.35.